The molecule has 0 spiro atoms. The maximum Gasteiger partial charge on any atom is 0.143 e. The number of thiophene rings is 1. The summed E-state index contributed by atoms with van der Waals surface area (Å²) in [4.78, 5) is 0. The molecule has 12 aromatic rings. The van der Waals surface area contributed by atoms with Crippen LogP contribution in [0.25, 0.3) is 119 Å². The van der Waals surface area contributed by atoms with Gasteiger partial charge in [0.15, 0.2) is 0 Å². The Labute approximate surface area is 314 Å². The van der Waals surface area contributed by atoms with Crippen LogP contribution in [-0.4, -0.2) is 0 Å². The quantitative estimate of drug-likeness (QED) is 0.167. The molecule has 0 saturated heterocycles. The van der Waals surface area contributed by atoms with Crippen molar-refractivity contribution in [1.29, 1.82) is 0 Å². The zero-order valence-electron chi connectivity index (χ0n) is 29.1. The van der Waals surface area contributed by atoms with Crippen molar-refractivity contribution < 1.29 is 4.42 Å². The molecule has 0 amide bonds. The predicted octanol–water partition coefficient (Wildman–Crippen LogP) is 15.6. The number of furan rings is 1. The molecule has 0 aliphatic heterocycles. The van der Waals surface area contributed by atoms with Gasteiger partial charge in [0, 0.05) is 36.3 Å². The van der Waals surface area contributed by atoms with E-state index in [2.05, 4.69) is 182 Å². The Balaban J connectivity index is 1.08. The molecule has 0 atom stereocenters. The molecule has 0 aliphatic rings. The van der Waals surface area contributed by atoms with Crippen LogP contribution in [0, 0.1) is 0 Å². The Kier molecular flexibility index (Phi) is 6.28. The number of fused-ring (bicyclic) bond motifs is 11. The fraction of sp³-hybridized carbons (Fsp3) is 0. The van der Waals surface area contributed by atoms with Crippen molar-refractivity contribution >= 4 is 96.5 Å². The van der Waals surface area contributed by atoms with Crippen LogP contribution in [0.5, 0.6) is 0 Å². The van der Waals surface area contributed by atoms with Gasteiger partial charge in [-0.1, -0.05) is 140 Å². The highest BCUT2D eigenvalue weighted by molar-refractivity contribution is 7.25. The van der Waals surface area contributed by atoms with E-state index in [1.54, 1.807) is 0 Å². The second-order valence-electron chi connectivity index (χ2n) is 14.4. The van der Waals surface area contributed by atoms with Gasteiger partial charge in [-0.25, -0.2) is 0 Å². The monoisotopic (exact) mass is 702 g/mol. The summed E-state index contributed by atoms with van der Waals surface area (Å²) < 4.78 is 9.19. The van der Waals surface area contributed by atoms with Gasteiger partial charge >= 0.3 is 0 Å². The molecule has 2 heterocycles. The molecule has 0 radical (unpaired) electrons. The molecule has 10 aromatic carbocycles. The van der Waals surface area contributed by atoms with Gasteiger partial charge in [0.05, 0.1) is 0 Å². The van der Waals surface area contributed by atoms with Crippen molar-refractivity contribution in [2.75, 3.05) is 0 Å². The maximum atomic E-state index is 6.60. The van der Waals surface area contributed by atoms with Crippen LogP contribution in [0.3, 0.4) is 0 Å². The van der Waals surface area contributed by atoms with E-state index in [0.29, 0.717) is 0 Å². The van der Waals surface area contributed by atoms with Gasteiger partial charge in [-0.05, 0) is 114 Å². The molecule has 0 unspecified atom stereocenters. The lowest BCUT2D eigenvalue weighted by molar-refractivity contribution is 0.673. The Morgan fingerprint density at radius 1 is 0.315 bits per heavy atom. The van der Waals surface area contributed by atoms with Crippen LogP contribution in [0.15, 0.2) is 186 Å². The fourth-order valence-electron chi connectivity index (χ4n) is 8.98. The first-order valence-corrected chi connectivity index (χ1v) is 19.3. The number of para-hydroxylation sites is 1. The van der Waals surface area contributed by atoms with E-state index in [4.69, 9.17) is 4.42 Å². The van der Waals surface area contributed by atoms with Crippen molar-refractivity contribution in [3.05, 3.63) is 182 Å². The predicted molar refractivity (Wildman–Crippen MR) is 233 cm³/mol. The van der Waals surface area contributed by atoms with E-state index in [-0.39, 0.29) is 0 Å². The molecule has 2 aromatic heterocycles. The van der Waals surface area contributed by atoms with Crippen LogP contribution in [0.1, 0.15) is 0 Å². The van der Waals surface area contributed by atoms with Gasteiger partial charge in [0.2, 0.25) is 0 Å². The summed E-state index contributed by atoms with van der Waals surface area (Å²) in [6, 6.07) is 66.8. The fourth-order valence-corrected chi connectivity index (χ4v) is 10.1. The molecular formula is C52H30OS. The summed E-state index contributed by atoms with van der Waals surface area (Å²) in [7, 11) is 0. The van der Waals surface area contributed by atoms with Crippen molar-refractivity contribution in [3.8, 4) is 33.4 Å². The van der Waals surface area contributed by atoms with Crippen LogP contribution in [0.4, 0.5) is 0 Å². The van der Waals surface area contributed by atoms with Gasteiger partial charge in [-0.3, -0.25) is 0 Å². The molecule has 0 fully saturated rings. The SMILES string of the molecule is c1ccc(-c2c3ccccc3c(-c3ccc4cc(-c5cc6c7ccccc7oc6c6cc7sc8ccccc8c7cc56)ccc4c3)c3ccccc23)cc1. The van der Waals surface area contributed by atoms with E-state index >= 15 is 0 Å². The van der Waals surface area contributed by atoms with Gasteiger partial charge in [-0.2, -0.15) is 0 Å². The number of hydrogen-bond acceptors (Lipinski definition) is 2. The second-order valence-corrected chi connectivity index (χ2v) is 15.5. The third-order valence-corrected chi connectivity index (χ3v) is 12.5. The summed E-state index contributed by atoms with van der Waals surface area (Å²) in [5.41, 5.74) is 9.34. The van der Waals surface area contributed by atoms with Crippen molar-refractivity contribution in [1.82, 2.24) is 0 Å². The zero-order chi connectivity index (χ0) is 35.3. The lowest BCUT2D eigenvalue weighted by Crippen LogP contribution is -1.91. The van der Waals surface area contributed by atoms with E-state index in [9.17, 15) is 0 Å². The van der Waals surface area contributed by atoms with Crippen molar-refractivity contribution in [2.45, 2.75) is 0 Å². The highest BCUT2D eigenvalue weighted by Crippen LogP contribution is 2.46. The van der Waals surface area contributed by atoms with E-state index < -0.39 is 0 Å². The Morgan fingerprint density at radius 3 is 1.59 bits per heavy atom. The molecular weight excluding hydrogens is 673 g/mol. The van der Waals surface area contributed by atoms with Gasteiger partial charge in [0.25, 0.3) is 0 Å². The molecule has 2 heteroatoms. The van der Waals surface area contributed by atoms with Crippen LogP contribution in [-0.2, 0) is 0 Å². The minimum atomic E-state index is 0.922. The van der Waals surface area contributed by atoms with Crippen LogP contribution < -0.4 is 0 Å². The van der Waals surface area contributed by atoms with E-state index in [1.807, 2.05) is 11.3 Å². The van der Waals surface area contributed by atoms with Gasteiger partial charge in [0.1, 0.15) is 11.2 Å². The number of hydrogen-bond donors (Lipinski definition) is 0. The summed E-state index contributed by atoms with van der Waals surface area (Å²) in [5.74, 6) is 0. The molecule has 0 saturated carbocycles. The summed E-state index contributed by atoms with van der Waals surface area (Å²) in [6.45, 7) is 0. The van der Waals surface area contributed by atoms with Crippen LogP contribution in [0.2, 0.25) is 0 Å². The minimum absolute atomic E-state index is 0.922. The van der Waals surface area contributed by atoms with E-state index in [1.165, 1.54) is 91.3 Å². The first-order valence-electron chi connectivity index (χ1n) is 18.5. The zero-order valence-corrected chi connectivity index (χ0v) is 30.0. The molecule has 0 N–H and O–H groups in total. The van der Waals surface area contributed by atoms with Crippen molar-refractivity contribution in [3.63, 3.8) is 0 Å². The molecule has 0 aliphatic carbocycles. The Bertz CT molecular complexity index is 3440. The third kappa shape index (κ3) is 4.32. The number of benzene rings is 10. The average molecular weight is 703 g/mol. The smallest absolute Gasteiger partial charge is 0.143 e. The first kappa shape index (κ1) is 29.8. The second kappa shape index (κ2) is 11.4. The highest BCUT2D eigenvalue weighted by atomic mass is 32.1. The number of rotatable bonds is 3. The van der Waals surface area contributed by atoms with E-state index in [0.717, 1.165) is 27.3 Å². The van der Waals surface area contributed by atoms with Crippen molar-refractivity contribution in [2.24, 2.45) is 0 Å². The molecule has 12 rings (SSSR count). The highest BCUT2D eigenvalue weighted by Gasteiger charge is 2.19. The lowest BCUT2D eigenvalue weighted by atomic mass is 9.85. The first-order chi connectivity index (χ1) is 26.8. The standard InChI is InChI=1S/C52H30OS/c1-2-12-31(13-3-1)50-38-16-4-6-18-40(38)51(41-19-7-5-17-39(41)50)35-25-23-32-26-34(24-22-33(32)27-35)42-28-45-36-14-8-10-20-47(36)53-52(45)46-30-49-44(29-43(42)46)37-15-9-11-21-48(37)54-49/h1-30H. The summed E-state index contributed by atoms with van der Waals surface area (Å²) in [6.07, 6.45) is 0. The molecule has 0 bridgehead atoms. The molecule has 1 nitrogen and oxygen atoms in total. The molecule has 250 valence electrons. The summed E-state index contributed by atoms with van der Waals surface area (Å²) in [5, 5.41) is 14.8. The third-order valence-electron chi connectivity index (χ3n) is 11.4. The normalized spacial score (nSPS) is 12.1. The largest absolute Gasteiger partial charge is 0.455 e. The van der Waals surface area contributed by atoms with Gasteiger partial charge < -0.3 is 4.42 Å². The Morgan fingerprint density at radius 2 is 0.870 bits per heavy atom. The molecule has 54 heavy (non-hydrogen) atoms. The van der Waals surface area contributed by atoms with Gasteiger partial charge in [-0.15, -0.1) is 11.3 Å². The summed E-state index contributed by atoms with van der Waals surface area (Å²) >= 11 is 1.85. The maximum absolute atomic E-state index is 6.60. The average Bonchev–Trinajstić information content (AvgIpc) is 3.80. The topological polar surface area (TPSA) is 13.1 Å². The van der Waals surface area contributed by atoms with Crippen LogP contribution >= 0.6 is 11.3 Å². The Hall–Kier alpha value is -6.74. The lowest BCUT2D eigenvalue weighted by Gasteiger charge is -2.18. The minimum Gasteiger partial charge on any atom is -0.455 e.